The number of nitrogens with one attached hydrogen (secondary N) is 1. The normalized spacial score (nSPS) is 13.4. The number of hydrogen-bond donors (Lipinski definition) is 1. The second-order valence-corrected chi connectivity index (χ2v) is 9.61. The van der Waals surface area contributed by atoms with Crippen molar-refractivity contribution in [2.24, 2.45) is 0 Å². The maximum Gasteiger partial charge on any atom is 0.175 e. The maximum atomic E-state index is 11.5. The number of rotatable bonds is 4. The van der Waals surface area contributed by atoms with Crippen LogP contribution in [0.4, 0.5) is 0 Å². The van der Waals surface area contributed by atoms with E-state index in [1.54, 1.807) is 23.5 Å². The van der Waals surface area contributed by atoms with E-state index in [0.717, 1.165) is 18.7 Å². The lowest BCUT2D eigenvalue weighted by molar-refractivity contribution is 0.601. The summed E-state index contributed by atoms with van der Waals surface area (Å²) in [4.78, 5) is 1.49. The highest BCUT2D eigenvalue weighted by Crippen LogP contribution is 2.37. The van der Waals surface area contributed by atoms with Crippen molar-refractivity contribution >= 4 is 53.0 Å². The van der Waals surface area contributed by atoms with Crippen LogP contribution in [0, 0.1) is 0 Å². The van der Waals surface area contributed by atoms with Gasteiger partial charge in [-0.05, 0) is 62.7 Å². The van der Waals surface area contributed by atoms with Crippen LogP contribution in [0.25, 0.3) is 0 Å². The summed E-state index contributed by atoms with van der Waals surface area (Å²) in [5.41, 5.74) is 1.03. The number of benzene rings is 1. The average molecular weight is 439 g/mol. The summed E-state index contributed by atoms with van der Waals surface area (Å²) in [5, 5.41) is 3.25. The molecule has 2 aromatic rings. The third-order valence-corrected chi connectivity index (χ3v) is 7.33. The van der Waals surface area contributed by atoms with Gasteiger partial charge in [-0.3, -0.25) is 0 Å². The molecule has 0 fully saturated rings. The minimum Gasteiger partial charge on any atom is -0.309 e. The first-order valence-corrected chi connectivity index (χ1v) is 10.0. The lowest BCUT2D eigenvalue weighted by Crippen LogP contribution is -2.16. The molecule has 0 radical (unpaired) electrons. The number of thiophene rings is 1. The van der Waals surface area contributed by atoms with Crippen molar-refractivity contribution in [1.82, 2.24) is 5.32 Å². The Labute approximate surface area is 139 Å². The predicted octanol–water partition coefficient (Wildman–Crippen LogP) is 3.99. The molecule has 1 atom stereocenters. The molecule has 108 valence electrons. The highest BCUT2D eigenvalue weighted by atomic mass is 79.9. The standard InChI is InChI=1S/C13H13Br2NO2S2/c1-16-12(11-7-10(14)13(15)19-11)8-3-5-9(6-4-8)20(2,17)18/h3-7,12,16H,1-2H3. The molecule has 0 aliphatic rings. The van der Waals surface area contributed by atoms with Gasteiger partial charge in [0.1, 0.15) is 0 Å². The van der Waals surface area contributed by atoms with E-state index in [0.29, 0.717) is 4.90 Å². The largest absolute Gasteiger partial charge is 0.309 e. The molecule has 0 bridgehead atoms. The number of hydrogen-bond acceptors (Lipinski definition) is 4. The molecule has 1 unspecified atom stereocenters. The summed E-state index contributed by atoms with van der Waals surface area (Å²) in [7, 11) is -1.27. The molecule has 0 aliphatic carbocycles. The molecule has 20 heavy (non-hydrogen) atoms. The van der Waals surface area contributed by atoms with Crippen molar-refractivity contribution in [3.63, 3.8) is 0 Å². The van der Waals surface area contributed by atoms with Gasteiger partial charge in [0, 0.05) is 15.6 Å². The van der Waals surface area contributed by atoms with Gasteiger partial charge in [0.15, 0.2) is 9.84 Å². The molecule has 0 spiro atoms. The lowest BCUT2D eigenvalue weighted by Gasteiger charge is -2.15. The molecular weight excluding hydrogens is 426 g/mol. The first-order valence-electron chi connectivity index (χ1n) is 5.75. The van der Waals surface area contributed by atoms with Gasteiger partial charge in [-0.25, -0.2) is 8.42 Å². The van der Waals surface area contributed by atoms with Crippen molar-refractivity contribution < 1.29 is 8.42 Å². The van der Waals surface area contributed by atoms with Gasteiger partial charge >= 0.3 is 0 Å². The summed E-state index contributed by atoms with van der Waals surface area (Å²) in [6.45, 7) is 0. The van der Waals surface area contributed by atoms with E-state index < -0.39 is 9.84 Å². The molecular formula is C13H13Br2NO2S2. The number of sulfone groups is 1. The fourth-order valence-electron chi connectivity index (χ4n) is 1.89. The third kappa shape index (κ3) is 3.51. The van der Waals surface area contributed by atoms with Gasteiger partial charge in [0.2, 0.25) is 0 Å². The summed E-state index contributed by atoms with van der Waals surface area (Å²) >= 11 is 8.61. The zero-order valence-corrected chi connectivity index (χ0v) is 15.7. The van der Waals surface area contributed by atoms with Gasteiger partial charge in [-0.1, -0.05) is 12.1 Å². The Balaban J connectivity index is 2.37. The van der Waals surface area contributed by atoms with Gasteiger partial charge in [-0.15, -0.1) is 11.3 Å². The minimum absolute atomic E-state index is 0.0382. The van der Waals surface area contributed by atoms with Crippen LogP contribution in [0.15, 0.2) is 43.5 Å². The second-order valence-electron chi connectivity index (χ2n) is 4.33. The molecule has 1 N–H and O–H groups in total. The topological polar surface area (TPSA) is 46.2 Å². The molecule has 1 aromatic heterocycles. The van der Waals surface area contributed by atoms with Gasteiger partial charge in [-0.2, -0.15) is 0 Å². The first-order chi connectivity index (χ1) is 9.32. The van der Waals surface area contributed by atoms with Gasteiger partial charge in [0.05, 0.1) is 14.7 Å². The summed E-state index contributed by atoms with van der Waals surface area (Å²) in [6, 6.07) is 9.08. The van der Waals surface area contributed by atoms with Crippen LogP contribution < -0.4 is 5.32 Å². The first kappa shape index (κ1) is 16.2. The third-order valence-electron chi connectivity index (χ3n) is 2.88. The molecule has 7 heteroatoms. The fourth-order valence-corrected chi connectivity index (χ4v) is 4.74. The Morgan fingerprint density at radius 1 is 1.20 bits per heavy atom. The van der Waals surface area contributed by atoms with Crippen LogP contribution in [0.5, 0.6) is 0 Å². The zero-order valence-electron chi connectivity index (χ0n) is 10.9. The monoisotopic (exact) mass is 437 g/mol. The Bertz CT molecular complexity index is 689. The van der Waals surface area contributed by atoms with Crippen molar-refractivity contribution in [1.29, 1.82) is 0 Å². The van der Waals surface area contributed by atoms with E-state index in [-0.39, 0.29) is 6.04 Å². The highest BCUT2D eigenvalue weighted by molar-refractivity contribution is 9.13. The summed E-state index contributed by atoms with van der Waals surface area (Å²) < 4.78 is 25.0. The van der Waals surface area contributed by atoms with Gasteiger partial charge in [0.25, 0.3) is 0 Å². The Hall–Kier alpha value is -0.210. The van der Waals surface area contributed by atoms with Crippen molar-refractivity contribution in [3.8, 4) is 0 Å². The zero-order chi connectivity index (χ0) is 14.9. The Morgan fingerprint density at radius 2 is 1.80 bits per heavy atom. The molecule has 0 saturated carbocycles. The van der Waals surface area contributed by atoms with Crippen LogP contribution in [-0.4, -0.2) is 21.7 Å². The smallest absolute Gasteiger partial charge is 0.175 e. The van der Waals surface area contributed by atoms with E-state index in [1.165, 1.54) is 6.26 Å². The molecule has 1 heterocycles. The van der Waals surface area contributed by atoms with Crippen LogP contribution in [-0.2, 0) is 9.84 Å². The van der Waals surface area contributed by atoms with Crippen LogP contribution >= 0.6 is 43.2 Å². The molecule has 2 rings (SSSR count). The molecule has 0 amide bonds. The molecule has 0 saturated heterocycles. The fraction of sp³-hybridized carbons (Fsp3) is 0.231. The van der Waals surface area contributed by atoms with Crippen molar-refractivity contribution in [2.75, 3.05) is 13.3 Å². The van der Waals surface area contributed by atoms with Gasteiger partial charge < -0.3 is 5.32 Å². The van der Waals surface area contributed by atoms with Crippen molar-refractivity contribution in [2.45, 2.75) is 10.9 Å². The van der Waals surface area contributed by atoms with Crippen LogP contribution in [0.2, 0.25) is 0 Å². The number of halogens is 2. The van der Waals surface area contributed by atoms with E-state index in [1.807, 2.05) is 19.2 Å². The Morgan fingerprint density at radius 3 is 2.20 bits per heavy atom. The quantitative estimate of drug-likeness (QED) is 0.784. The Kier molecular flexibility index (Phi) is 5.07. The SMILES string of the molecule is CNC(c1ccc(S(C)(=O)=O)cc1)c1cc(Br)c(Br)s1. The van der Waals surface area contributed by atoms with Crippen molar-refractivity contribution in [3.05, 3.63) is 49.0 Å². The maximum absolute atomic E-state index is 11.5. The summed E-state index contributed by atoms with van der Waals surface area (Å²) in [5.74, 6) is 0. The second kappa shape index (κ2) is 6.27. The van der Waals surface area contributed by atoms with E-state index >= 15 is 0 Å². The van der Waals surface area contributed by atoms with Crippen LogP contribution in [0.3, 0.4) is 0 Å². The van der Waals surface area contributed by atoms with Crippen LogP contribution in [0.1, 0.15) is 16.5 Å². The van der Waals surface area contributed by atoms with E-state index in [4.69, 9.17) is 0 Å². The molecule has 3 nitrogen and oxygen atoms in total. The van der Waals surface area contributed by atoms with E-state index in [9.17, 15) is 8.42 Å². The lowest BCUT2D eigenvalue weighted by atomic mass is 10.1. The summed E-state index contributed by atoms with van der Waals surface area (Å²) in [6.07, 6.45) is 1.21. The van der Waals surface area contributed by atoms with E-state index in [2.05, 4.69) is 43.2 Å². The minimum atomic E-state index is -3.15. The molecule has 0 aliphatic heterocycles. The molecule has 1 aromatic carbocycles. The predicted molar refractivity (Wildman–Crippen MR) is 90.2 cm³/mol. The highest BCUT2D eigenvalue weighted by Gasteiger charge is 2.17. The average Bonchev–Trinajstić information content (AvgIpc) is 2.70.